The van der Waals surface area contributed by atoms with Gasteiger partial charge in [0.2, 0.25) is 0 Å². The van der Waals surface area contributed by atoms with E-state index in [1.165, 1.54) is 25.3 Å². The summed E-state index contributed by atoms with van der Waals surface area (Å²) in [6, 6.07) is 7.67. The summed E-state index contributed by atoms with van der Waals surface area (Å²) in [6.45, 7) is 3.42. The van der Waals surface area contributed by atoms with Crippen LogP contribution in [0.25, 0.3) is 0 Å². The number of Topliss-reactive ketones (excluding diaryl/α,β-unsaturated/α-hetero) is 1. The van der Waals surface area contributed by atoms with Crippen LogP contribution in [-0.4, -0.2) is 42.8 Å². The molecule has 23 heavy (non-hydrogen) atoms. The highest BCUT2D eigenvalue weighted by atomic mass is 19.1. The van der Waals surface area contributed by atoms with Crippen LogP contribution in [0.4, 0.5) is 10.1 Å². The van der Waals surface area contributed by atoms with Gasteiger partial charge in [0.15, 0.2) is 11.5 Å². The Bertz CT molecular complexity index is 719. The highest BCUT2D eigenvalue weighted by Gasteiger charge is 2.25. The molecule has 1 aliphatic rings. The summed E-state index contributed by atoms with van der Waals surface area (Å²) >= 11 is 0. The molecule has 120 valence electrons. The van der Waals surface area contributed by atoms with Gasteiger partial charge in [0, 0.05) is 31.7 Å². The van der Waals surface area contributed by atoms with Crippen molar-refractivity contribution < 1.29 is 18.4 Å². The summed E-state index contributed by atoms with van der Waals surface area (Å²) in [5.41, 5.74) is 0.887. The van der Waals surface area contributed by atoms with Crippen molar-refractivity contribution >= 4 is 17.4 Å². The SMILES string of the molecule is CC(=O)c1ccc(F)c(N2CCN(C(=O)c3ccco3)CC2)c1. The maximum atomic E-state index is 14.0. The second kappa shape index (κ2) is 6.24. The summed E-state index contributed by atoms with van der Waals surface area (Å²) < 4.78 is 19.2. The molecule has 6 heteroatoms. The third kappa shape index (κ3) is 3.11. The van der Waals surface area contributed by atoms with E-state index in [2.05, 4.69) is 0 Å². The van der Waals surface area contributed by atoms with Crippen molar-refractivity contribution in [3.05, 3.63) is 53.7 Å². The van der Waals surface area contributed by atoms with Crippen LogP contribution >= 0.6 is 0 Å². The first-order valence-electron chi connectivity index (χ1n) is 7.44. The molecule has 1 aromatic carbocycles. The second-order valence-electron chi connectivity index (χ2n) is 5.48. The van der Waals surface area contributed by atoms with E-state index in [0.717, 1.165) is 0 Å². The zero-order chi connectivity index (χ0) is 16.4. The lowest BCUT2D eigenvalue weighted by atomic mass is 10.1. The zero-order valence-corrected chi connectivity index (χ0v) is 12.8. The Morgan fingerprint density at radius 3 is 2.48 bits per heavy atom. The van der Waals surface area contributed by atoms with Crippen LogP contribution in [-0.2, 0) is 0 Å². The Kier molecular flexibility index (Phi) is 4.14. The number of nitrogens with zero attached hydrogens (tertiary/aromatic N) is 2. The number of anilines is 1. The topological polar surface area (TPSA) is 53.8 Å². The second-order valence-corrected chi connectivity index (χ2v) is 5.48. The number of hydrogen-bond donors (Lipinski definition) is 0. The van der Waals surface area contributed by atoms with Crippen LogP contribution in [0.5, 0.6) is 0 Å². The number of piperazine rings is 1. The van der Waals surface area contributed by atoms with E-state index in [0.29, 0.717) is 43.2 Å². The van der Waals surface area contributed by atoms with Gasteiger partial charge in [-0.2, -0.15) is 0 Å². The van der Waals surface area contributed by atoms with Crippen molar-refractivity contribution in [3.63, 3.8) is 0 Å². The minimum atomic E-state index is -0.360. The molecule has 0 aliphatic carbocycles. The van der Waals surface area contributed by atoms with E-state index in [1.807, 2.05) is 4.90 Å². The van der Waals surface area contributed by atoms with Crippen LogP contribution in [0.1, 0.15) is 27.8 Å². The number of halogens is 1. The number of hydrogen-bond acceptors (Lipinski definition) is 4. The fourth-order valence-electron chi connectivity index (χ4n) is 2.68. The molecule has 1 saturated heterocycles. The molecule has 0 spiro atoms. The third-order valence-corrected chi connectivity index (χ3v) is 3.99. The Hall–Kier alpha value is -2.63. The average molecular weight is 316 g/mol. The summed E-state index contributed by atoms with van der Waals surface area (Å²) in [6.07, 6.45) is 1.46. The largest absolute Gasteiger partial charge is 0.459 e. The molecular formula is C17H17FN2O3. The standard InChI is InChI=1S/C17H17FN2O3/c1-12(21)13-4-5-14(18)15(11-13)19-6-8-20(9-7-19)17(22)16-3-2-10-23-16/h2-5,10-11H,6-9H2,1H3. The van der Waals surface area contributed by atoms with Crippen molar-refractivity contribution in [1.82, 2.24) is 4.90 Å². The van der Waals surface area contributed by atoms with Crippen LogP contribution in [0.15, 0.2) is 41.0 Å². The van der Waals surface area contributed by atoms with Gasteiger partial charge >= 0.3 is 0 Å². The molecule has 1 aliphatic heterocycles. The molecule has 0 radical (unpaired) electrons. The fraction of sp³-hybridized carbons (Fsp3) is 0.294. The molecule has 2 heterocycles. The first kappa shape index (κ1) is 15.3. The van der Waals surface area contributed by atoms with Crippen LogP contribution in [0.2, 0.25) is 0 Å². The maximum Gasteiger partial charge on any atom is 0.289 e. The van der Waals surface area contributed by atoms with Gasteiger partial charge in [0.1, 0.15) is 5.82 Å². The number of ketones is 1. The lowest BCUT2D eigenvalue weighted by Gasteiger charge is -2.36. The van der Waals surface area contributed by atoms with E-state index in [4.69, 9.17) is 4.42 Å². The normalized spacial score (nSPS) is 14.9. The summed E-state index contributed by atoms with van der Waals surface area (Å²) in [5, 5.41) is 0. The highest BCUT2D eigenvalue weighted by molar-refractivity contribution is 5.95. The molecule has 0 bridgehead atoms. The number of furan rings is 1. The van der Waals surface area contributed by atoms with Gasteiger partial charge in [-0.1, -0.05) is 0 Å². The van der Waals surface area contributed by atoms with Gasteiger partial charge < -0.3 is 14.2 Å². The van der Waals surface area contributed by atoms with Crippen molar-refractivity contribution in [1.29, 1.82) is 0 Å². The zero-order valence-electron chi connectivity index (χ0n) is 12.8. The van der Waals surface area contributed by atoms with Crippen LogP contribution in [0.3, 0.4) is 0 Å². The third-order valence-electron chi connectivity index (χ3n) is 3.99. The van der Waals surface area contributed by atoms with Gasteiger partial charge in [0.25, 0.3) is 5.91 Å². The van der Waals surface area contributed by atoms with E-state index in [-0.39, 0.29) is 17.5 Å². The molecule has 0 N–H and O–H groups in total. The van der Waals surface area contributed by atoms with Gasteiger partial charge in [0.05, 0.1) is 12.0 Å². The molecule has 0 unspecified atom stereocenters. The first-order chi connectivity index (χ1) is 11.1. The molecule has 5 nitrogen and oxygen atoms in total. The Morgan fingerprint density at radius 2 is 1.87 bits per heavy atom. The molecule has 1 fully saturated rings. The predicted molar refractivity (Wildman–Crippen MR) is 83.2 cm³/mol. The summed E-state index contributed by atoms with van der Waals surface area (Å²) in [7, 11) is 0. The van der Waals surface area contributed by atoms with E-state index < -0.39 is 0 Å². The molecule has 1 amide bonds. The summed E-state index contributed by atoms with van der Waals surface area (Å²) in [5.74, 6) is -0.311. The quantitative estimate of drug-likeness (QED) is 0.817. The smallest absolute Gasteiger partial charge is 0.289 e. The van der Waals surface area contributed by atoms with Crippen molar-refractivity contribution in [3.8, 4) is 0 Å². The lowest BCUT2D eigenvalue weighted by molar-refractivity contribution is 0.0714. The van der Waals surface area contributed by atoms with Gasteiger partial charge in [-0.25, -0.2) is 4.39 Å². The Morgan fingerprint density at radius 1 is 1.13 bits per heavy atom. The maximum absolute atomic E-state index is 14.0. The first-order valence-corrected chi connectivity index (χ1v) is 7.44. The minimum absolute atomic E-state index is 0.0992. The van der Waals surface area contributed by atoms with E-state index >= 15 is 0 Å². The molecule has 2 aromatic rings. The number of benzene rings is 1. The molecule has 0 atom stereocenters. The number of rotatable bonds is 3. The van der Waals surface area contributed by atoms with Crippen molar-refractivity contribution in [2.24, 2.45) is 0 Å². The average Bonchev–Trinajstić information content (AvgIpc) is 3.09. The monoisotopic (exact) mass is 316 g/mol. The van der Waals surface area contributed by atoms with Crippen molar-refractivity contribution in [2.45, 2.75) is 6.92 Å². The Labute approximate surface area is 133 Å². The van der Waals surface area contributed by atoms with Crippen molar-refractivity contribution in [2.75, 3.05) is 31.1 Å². The molecule has 1 aromatic heterocycles. The van der Waals surface area contributed by atoms with Gasteiger partial charge in [-0.15, -0.1) is 0 Å². The van der Waals surface area contributed by atoms with Crippen LogP contribution < -0.4 is 4.90 Å². The number of amides is 1. The van der Waals surface area contributed by atoms with Gasteiger partial charge in [-0.05, 0) is 37.3 Å². The molecular weight excluding hydrogens is 299 g/mol. The molecule has 0 saturated carbocycles. The van der Waals surface area contributed by atoms with Gasteiger partial charge in [-0.3, -0.25) is 9.59 Å². The fourth-order valence-corrected chi connectivity index (χ4v) is 2.68. The van der Waals surface area contributed by atoms with E-state index in [9.17, 15) is 14.0 Å². The number of carbonyl (C=O) groups is 2. The van der Waals surface area contributed by atoms with Crippen LogP contribution in [0, 0.1) is 5.82 Å². The predicted octanol–water partition coefficient (Wildman–Crippen LogP) is 2.58. The lowest BCUT2D eigenvalue weighted by Crippen LogP contribution is -2.49. The highest BCUT2D eigenvalue weighted by Crippen LogP contribution is 2.23. The number of carbonyl (C=O) groups excluding carboxylic acids is 2. The minimum Gasteiger partial charge on any atom is -0.459 e. The summed E-state index contributed by atoms with van der Waals surface area (Å²) in [4.78, 5) is 27.2. The molecule has 3 rings (SSSR count). The Balaban J connectivity index is 1.71. The van der Waals surface area contributed by atoms with E-state index in [1.54, 1.807) is 23.1 Å².